The number of allylic oxidation sites excluding steroid dienone is 1. The third-order valence-corrected chi connectivity index (χ3v) is 8.01. The topological polar surface area (TPSA) is 83.7 Å². The molecule has 180 valence electrons. The molecule has 2 aromatic heterocycles. The molecule has 0 radical (unpaired) electrons. The highest BCUT2D eigenvalue weighted by molar-refractivity contribution is 7.99. The SMILES string of the molecule is C=C(C)Cn1c(SCC(=O)NCCc2ccc(OC)c(OC)c2)[nH+]c2sc3c(c2c1=O)CCC3. The van der Waals surface area contributed by atoms with Crippen molar-refractivity contribution in [1.29, 1.82) is 0 Å². The number of aromatic nitrogens is 2. The second-order valence-electron chi connectivity index (χ2n) is 8.42. The number of rotatable bonds is 10. The van der Waals surface area contributed by atoms with Gasteiger partial charge in [0.05, 0.1) is 20.0 Å². The number of nitrogens with zero attached hydrogens (tertiary/aromatic N) is 1. The van der Waals surface area contributed by atoms with Gasteiger partial charge in [-0.05, 0) is 73.2 Å². The summed E-state index contributed by atoms with van der Waals surface area (Å²) in [5, 5.41) is 4.46. The molecule has 2 N–H and O–H groups in total. The molecule has 0 bridgehead atoms. The lowest BCUT2D eigenvalue weighted by atomic mass is 10.1. The van der Waals surface area contributed by atoms with E-state index < -0.39 is 0 Å². The zero-order valence-electron chi connectivity index (χ0n) is 19.8. The predicted octanol–water partition coefficient (Wildman–Crippen LogP) is 3.41. The van der Waals surface area contributed by atoms with Crippen LogP contribution in [0.1, 0.15) is 29.3 Å². The van der Waals surface area contributed by atoms with Gasteiger partial charge in [-0.3, -0.25) is 4.79 Å². The largest absolute Gasteiger partial charge is 0.493 e. The summed E-state index contributed by atoms with van der Waals surface area (Å²) < 4.78 is 12.3. The van der Waals surface area contributed by atoms with Crippen LogP contribution in [-0.4, -0.2) is 37.0 Å². The van der Waals surface area contributed by atoms with Crippen LogP contribution in [0.5, 0.6) is 11.5 Å². The van der Waals surface area contributed by atoms with Crippen molar-refractivity contribution in [3.05, 3.63) is 56.7 Å². The molecule has 0 saturated carbocycles. The number of H-pyrrole nitrogens is 1. The Morgan fingerprint density at radius 1 is 1.26 bits per heavy atom. The third-order valence-electron chi connectivity index (χ3n) is 5.80. The van der Waals surface area contributed by atoms with E-state index in [4.69, 9.17) is 9.47 Å². The van der Waals surface area contributed by atoms with Gasteiger partial charge in [-0.15, -0.1) is 0 Å². The molecule has 34 heavy (non-hydrogen) atoms. The number of ether oxygens (including phenoxy) is 2. The molecule has 0 unspecified atom stereocenters. The molecule has 0 fully saturated rings. The molecule has 0 atom stereocenters. The summed E-state index contributed by atoms with van der Waals surface area (Å²) in [7, 11) is 3.21. The first kappa shape index (κ1) is 24.3. The van der Waals surface area contributed by atoms with Crippen LogP contribution >= 0.6 is 23.1 Å². The number of thioether (sulfide) groups is 1. The first-order valence-corrected chi connectivity index (χ1v) is 13.1. The van der Waals surface area contributed by atoms with Gasteiger partial charge in [0.25, 0.3) is 0 Å². The van der Waals surface area contributed by atoms with Crippen molar-refractivity contribution in [2.75, 3.05) is 26.5 Å². The van der Waals surface area contributed by atoms with Gasteiger partial charge in [-0.25, -0.2) is 9.78 Å². The van der Waals surface area contributed by atoms with Crippen LogP contribution in [0.15, 0.2) is 40.3 Å². The van der Waals surface area contributed by atoms with Crippen LogP contribution in [0, 0.1) is 0 Å². The number of carbonyl (C=O) groups is 1. The number of hydrogen-bond donors (Lipinski definition) is 1. The van der Waals surface area contributed by atoms with Crippen molar-refractivity contribution < 1.29 is 19.3 Å². The fourth-order valence-corrected chi connectivity index (χ4v) is 6.40. The first-order chi connectivity index (χ1) is 16.4. The second-order valence-corrected chi connectivity index (χ2v) is 10.5. The van der Waals surface area contributed by atoms with E-state index in [0.717, 1.165) is 40.6 Å². The lowest BCUT2D eigenvalue weighted by molar-refractivity contribution is -0.404. The smallest absolute Gasteiger partial charge is 0.347 e. The van der Waals surface area contributed by atoms with Crippen LogP contribution in [0.25, 0.3) is 10.2 Å². The molecule has 1 aromatic carbocycles. The van der Waals surface area contributed by atoms with Gasteiger partial charge in [-0.2, -0.15) is 4.57 Å². The summed E-state index contributed by atoms with van der Waals surface area (Å²) in [6.45, 7) is 6.83. The Bertz CT molecular complexity index is 1300. The number of aryl methyl sites for hydroxylation is 2. The Morgan fingerprint density at radius 3 is 2.79 bits per heavy atom. The molecule has 0 saturated heterocycles. The van der Waals surface area contributed by atoms with Gasteiger partial charge in [0.1, 0.15) is 11.9 Å². The van der Waals surface area contributed by atoms with Crippen LogP contribution in [0.2, 0.25) is 0 Å². The highest BCUT2D eigenvalue weighted by atomic mass is 32.2. The maximum atomic E-state index is 13.4. The van der Waals surface area contributed by atoms with E-state index >= 15 is 0 Å². The summed E-state index contributed by atoms with van der Waals surface area (Å²) in [4.78, 5) is 31.5. The van der Waals surface area contributed by atoms with Gasteiger partial charge in [0.15, 0.2) is 16.3 Å². The summed E-state index contributed by atoms with van der Waals surface area (Å²) in [5.41, 5.74) is 3.14. The van der Waals surface area contributed by atoms with E-state index in [1.54, 1.807) is 30.1 Å². The average Bonchev–Trinajstić information content (AvgIpc) is 3.40. The van der Waals surface area contributed by atoms with Gasteiger partial charge in [-0.1, -0.05) is 24.0 Å². The summed E-state index contributed by atoms with van der Waals surface area (Å²) in [6, 6.07) is 5.73. The van der Waals surface area contributed by atoms with Gasteiger partial charge < -0.3 is 14.8 Å². The third kappa shape index (κ3) is 5.15. The van der Waals surface area contributed by atoms with Gasteiger partial charge >= 0.3 is 10.7 Å². The fraction of sp³-hybridized carbons (Fsp3) is 0.400. The number of aromatic amines is 1. The highest BCUT2D eigenvalue weighted by Crippen LogP contribution is 2.34. The molecule has 1 aliphatic carbocycles. The van der Waals surface area contributed by atoms with E-state index in [1.807, 2.05) is 25.1 Å². The monoisotopic (exact) mass is 500 g/mol. The minimum absolute atomic E-state index is 0.00695. The lowest BCUT2D eigenvalue weighted by Crippen LogP contribution is -2.32. The minimum atomic E-state index is -0.0815. The normalized spacial score (nSPS) is 12.6. The predicted molar refractivity (Wildman–Crippen MR) is 136 cm³/mol. The van der Waals surface area contributed by atoms with Crippen molar-refractivity contribution in [2.24, 2.45) is 0 Å². The van der Waals surface area contributed by atoms with Crippen molar-refractivity contribution in [3.63, 3.8) is 0 Å². The van der Waals surface area contributed by atoms with E-state index in [0.29, 0.717) is 36.2 Å². The molecule has 3 aromatic rings. The number of fused-ring (bicyclic) bond motifs is 3. The first-order valence-electron chi connectivity index (χ1n) is 11.3. The van der Waals surface area contributed by atoms with Crippen LogP contribution in [0.3, 0.4) is 0 Å². The molecule has 4 rings (SSSR count). The number of benzene rings is 1. The number of amides is 1. The average molecular weight is 501 g/mol. The second kappa shape index (κ2) is 10.7. The lowest BCUT2D eigenvalue weighted by Gasteiger charge is -2.10. The van der Waals surface area contributed by atoms with Crippen molar-refractivity contribution >= 4 is 39.2 Å². The Hall–Kier alpha value is -2.78. The van der Waals surface area contributed by atoms with E-state index in [-0.39, 0.29) is 17.2 Å². The zero-order valence-corrected chi connectivity index (χ0v) is 21.4. The number of nitrogens with one attached hydrogen (secondary N) is 2. The quantitative estimate of drug-likeness (QED) is 0.262. The number of methoxy groups -OCH3 is 2. The van der Waals surface area contributed by atoms with Crippen LogP contribution in [0.4, 0.5) is 0 Å². The maximum absolute atomic E-state index is 13.4. The summed E-state index contributed by atoms with van der Waals surface area (Å²) in [5.74, 6) is 1.48. The Kier molecular flexibility index (Phi) is 7.63. The molecular weight excluding hydrogens is 470 g/mol. The molecule has 2 heterocycles. The van der Waals surface area contributed by atoms with E-state index in [1.165, 1.54) is 22.2 Å². The maximum Gasteiger partial charge on any atom is 0.347 e. The standard InChI is InChI=1S/C25H29N3O4S2/c1-15(2)13-28-24(30)22-17-6-5-7-20(17)34-23(22)27-25(28)33-14-21(29)26-11-10-16-8-9-18(31-3)19(12-16)32-4/h8-9,12H,1,5-7,10-11,13-14H2,2-4H3,(H,26,29)/p+1. The molecule has 9 heteroatoms. The number of thiophene rings is 1. The van der Waals surface area contributed by atoms with E-state index in [9.17, 15) is 9.59 Å². The minimum Gasteiger partial charge on any atom is -0.493 e. The van der Waals surface area contributed by atoms with Gasteiger partial charge in [0, 0.05) is 11.4 Å². The molecule has 7 nitrogen and oxygen atoms in total. The van der Waals surface area contributed by atoms with Crippen molar-refractivity contribution in [2.45, 2.75) is 44.3 Å². The zero-order chi connectivity index (χ0) is 24.2. The van der Waals surface area contributed by atoms with Crippen LogP contribution in [-0.2, 0) is 30.6 Å². The van der Waals surface area contributed by atoms with Crippen molar-refractivity contribution in [3.8, 4) is 11.5 Å². The highest BCUT2D eigenvalue weighted by Gasteiger charge is 2.27. The molecule has 1 aliphatic rings. The Labute approximate surface area is 207 Å². The Morgan fingerprint density at radius 2 is 2.06 bits per heavy atom. The number of carbonyl (C=O) groups excluding carboxylic acids is 1. The molecule has 0 spiro atoms. The fourth-order valence-electron chi connectivity index (χ4n) is 4.21. The van der Waals surface area contributed by atoms with Crippen molar-refractivity contribution in [1.82, 2.24) is 9.88 Å². The van der Waals surface area contributed by atoms with Crippen LogP contribution < -0.4 is 25.3 Å². The number of hydrogen-bond acceptors (Lipinski definition) is 6. The Balaban J connectivity index is 1.42. The van der Waals surface area contributed by atoms with Gasteiger partial charge in [0.2, 0.25) is 5.91 Å². The summed E-state index contributed by atoms with van der Waals surface area (Å²) >= 11 is 3.02. The molecule has 0 aliphatic heterocycles. The molecule has 1 amide bonds. The van der Waals surface area contributed by atoms with E-state index in [2.05, 4.69) is 16.9 Å². The summed E-state index contributed by atoms with van der Waals surface area (Å²) in [6.07, 6.45) is 3.78. The molecular formula is C25H30N3O4S2+.